The first-order valence-electron chi connectivity index (χ1n) is 6.56. The van der Waals surface area contributed by atoms with E-state index in [4.69, 9.17) is 0 Å². The Kier molecular flexibility index (Phi) is 6.95. The van der Waals surface area contributed by atoms with Gasteiger partial charge in [-0.05, 0) is 37.7 Å². The minimum absolute atomic E-state index is 0.00984. The Morgan fingerprint density at radius 2 is 2.11 bits per heavy atom. The van der Waals surface area contributed by atoms with Gasteiger partial charge in [0.1, 0.15) is 0 Å². The SMILES string of the molecule is CSC(CO)C(C)NC(=O)CCc1ccccc1C. The molecule has 0 saturated heterocycles. The van der Waals surface area contributed by atoms with Crippen LogP contribution in [0.3, 0.4) is 0 Å². The average Bonchev–Trinajstić information content (AvgIpc) is 2.39. The molecule has 0 aromatic heterocycles. The molecule has 106 valence electrons. The smallest absolute Gasteiger partial charge is 0.220 e. The van der Waals surface area contributed by atoms with Crippen LogP contribution in [0.1, 0.15) is 24.5 Å². The fourth-order valence-electron chi connectivity index (χ4n) is 1.99. The molecule has 2 N–H and O–H groups in total. The van der Waals surface area contributed by atoms with E-state index >= 15 is 0 Å². The van der Waals surface area contributed by atoms with E-state index < -0.39 is 0 Å². The lowest BCUT2D eigenvalue weighted by atomic mass is 10.0. The van der Waals surface area contributed by atoms with E-state index in [1.54, 1.807) is 11.8 Å². The molecule has 0 heterocycles. The summed E-state index contributed by atoms with van der Waals surface area (Å²) in [5, 5.41) is 12.2. The highest BCUT2D eigenvalue weighted by Crippen LogP contribution is 2.12. The van der Waals surface area contributed by atoms with E-state index in [0.29, 0.717) is 6.42 Å². The van der Waals surface area contributed by atoms with E-state index in [9.17, 15) is 9.90 Å². The summed E-state index contributed by atoms with van der Waals surface area (Å²) in [6.07, 6.45) is 3.19. The topological polar surface area (TPSA) is 49.3 Å². The predicted octanol–water partition coefficient (Wildman–Crippen LogP) is 2.16. The van der Waals surface area contributed by atoms with Gasteiger partial charge in [-0.1, -0.05) is 24.3 Å². The first-order chi connectivity index (χ1) is 9.08. The van der Waals surface area contributed by atoms with Gasteiger partial charge in [0.05, 0.1) is 6.61 Å². The number of aliphatic hydroxyl groups excluding tert-OH is 1. The summed E-state index contributed by atoms with van der Waals surface area (Å²) in [5.41, 5.74) is 2.44. The second-order valence-electron chi connectivity index (χ2n) is 4.74. The Bertz CT molecular complexity index is 405. The first kappa shape index (κ1) is 16.1. The van der Waals surface area contributed by atoms with Gasteiger partial charge in [0.2, 0.25) is 5.91 Å². The maximum atomic E-state index is 11.9. The van der Waals surface area contributed by atoms with Gasteiger partial charge < -0.3 is 10.4 Å². The second kappa shape index (κ2) is 8.23. The Morgan fingerprint density at radius 1 is 1.42 bits per heavy atom. The molecule has 0 aliphatic rings. The highest BCUT2D eigenvalue weighted by atomic mass is 32.2. The standard InChI is InChI=1S/C15H23NO2S/c1-11-6-4-5-7-13(11)8-9-15(18)16-12(2)14(10-17)19-3/h4-7,12,14,17H,8-10H2,1-3H3,(H,16,18). The van der Waals surface area contributed by atoms with Crippen LogP contribution in [0, 0.1) is 6.92 Å². The lowest BCUT2D eigenvalue weighted by molar-refractivity contribution is -0.121. The Balaban J connectivity index is 2.42. The third kappa shape index (κ3) is 5.25. The highest BCUT2D eigenvalue weighted by molar-refractivity contribution is 7.99. The van der Waals surface area contributed by atoms with Crippen molar-refractivity contribution in [3.05, 3.63) is 35.4 Å². The van der Waals surface area contributed by atoms with E-state index in [1.165, 1.54) is 11.1 Å². The van der Waals surface area contributed by atoms with Gasteiger partial charge in [0, 0.05) is 17.7 Å². The van der Waals surface area contributed by atoms with Gasteiger partial charge in [-0.25, -0.2) is 0 Å². The van der Waals surface area contributed by atoms with Gasteiger partial charge >= 0.3 is 0 Å². The lowest BCUT2D eigenvalue weighted by Gasteiger charge is -2.21. The number of benzene rings is 1. The van der Waals surface area contributed by atoms with E-state index in [1.807, 2.05) is 25.3 Å². The van der Waals surface area contributed by atoms with Gasteiger partial charge in [-0.2, -0.15) is 11.8 Å². The van der Waals surface area contributed by atoms with E-state index in [2.05, 4.69) is 24.4 Å². The fraction of sp³-hybridized carbons (Fsp3) is 0.533. The Morgan fingerprint density at radius 3 is 2.68 bits per heavy atom. The van der Waals surface area contributed by atoms with Gasteiger partial charge in [0.15, 0.2) is 0 Å². The molecule has 0 fully saturated rings. The van der Waals surface area contributed by atoms with Crippen molar-refractivity contribution in [1.29, 1.82) is 0 Å². The van der Waals surface area contributed by atoms with Crippen LogP contribution in [0.2, 0.25) is 0 Å². The molecule has 0 aliphatic heterocycles. The molecule has 0 bridgehead atoms. The maximum Gasteiger partial charge on any atom is 0.220 e. The number of carbonyl (C=O) groups is 1. The van der Waals surface area contributed by atoms with Crippen molar-refractivity contribution < 1.29 is 9.90 Å². The number of hydrogen-bond acceptors (Lipinski definition) is 3. The number of aryl methyl sites for hydroxylation is 2. The molecule has 0 aliphatic carbocycles. The van der Waals surface area contributed by atoms with Crippen LogP contribution >= 0.6 is 11.8 Å². The van der Waals surface area contributed by atoms with Crippen LogP contribution < -0.4 is 5.32 Å². The molecular weight excluding hydrogens is 258 g/mol. The lowest BCUT2D eigenvalue weighted by Crippen LogP contribution is -2.41. The van der Waals surface area contributed by atoms with Crippen LogP contribution in [-0.4, -0.2) is 35.2 Å². The summed E-state index contributed by atoms with van der Waals surface area (Å²) in [7, 11) is 0. The second-order valence-corrected chi connectivity index (χ2v) is 5.82. The summed E-state index contributed by atoms with van der Waals surface area (Å²) in [5.74, 6) is 0.0447. The molecule has 2 unspecified atom stereocenters. The summed E-state index contributed by atoms with van der Waals surface area (Å²) in [6, 6.07) is 8.11. The summed E-state index contributed by atoms with van der Waals surface area (Å²) in [6.45, 7) is 4.08. The van der Waals surface area contributed by atoms with Gasteiger partial charge in [0.25, 0.3) is 0 Å². The number of thioether (sulfide) groups is 1. The van der Waals surface area contributed by atoms with Crippen LogP contribution in [0.5, 0.6) is 0 Å². The molecule has 0 spiro atoms. The molecule has 1 aromatic carbocycles. The van der Waals surface area contributed by atoms with Gasteiger partial charge in [-0.15, -0.1) is 0 Å². The third-order valence-electron chi connectivity index (χ3n) is 3.31. The minimum Gasteiger partial charge on any atom is -0.395 e. The number of nitrogens with one attached hydrogen (secondary N) is 1. The molecule has 0 radical (unpaired) electrons. The molecule has 0 saturated carbocycles. The van der Waals surface area contributed by atoms with E-state index in [0.717, 1.165) is 6.42 Å². The maximum absolute atomic E-state index is 11.9. The van der Waals surface area contributed by atoms with Crippen LogP contribution in [0.25, 0.3) is 0 Å². The molecule has 3 nitrogen and oxygen atoms in total. The Labute approximate surface area is 119 Å². The quantitative estimate of drug-likeness (QED) is 0.805. The third-order valence-corrected chi connectivity index (χ3v) is 4.47. The van der Waals surface area contributed by atoms with Crippen LogP contribution in [0.15, 0.2) is 24.3 Å². The number of amides is 1. The van der Waals surface area contributed by atoms with Crippen molar-refractivity contribution in [2.24, 2.45) is 0 Å². The summed E-state index contributed by atoms with van der Waals surface area (Å²) >= 11 is 1.57. The zero-order valence-corrected chi connectivity index (χ0v) is 12.7. The van der Waals surface area contributed by atoms with Crippen LogP contribution in [0.4, 0.5) is 0 Å². The Hall–Kier alpha value is -1.00. The molecule has 2 atom stereocenters. The first-order valence-corrected chi connectivity index (χ1v) is 7.84. The molecule has 1 rings (SSSR count). The number of hydrogen-bond donors (Lipinski definition) is 2. The summed E-state index contributed by atoms with van der Waals surface area (Å²) in [4.78, 5) is 11.9. The van der Waals surface area contributed by atoms with Crippen molar-refractivity contribution in [3.8, 4) is 0 Å². The minimum atomic E-state index is -0.00984. The van der Waals surface area contributed by atoms with Crippen molar-refractivity contribution in [2.45, 2.75) is 38.0 Å². The molecule has 19 heavy (non-hydrogen) atoms. The molecule has 4 heteroatoms. The fourth-order valence-corrected chi connectivity index (χ4v) is 2.62. The number of rotatable bonds is 7. The molecule has 1 amide bonds. The number of carbonyl (C=O) groups excluding carboxylic acids is 1. The van der Waals surface area contributed by atoms with Crippen LogP contribution in [-0.2, 0) is 11.2 Å². The summed E-state index contributed by atoms with van der Waals surface area (Å²) < 4.78 is 0. The highest BCUT2D eigenvalue weighted by Gasteiger charge is 2.17. The number of aliphatic hydroxyl groups is 1. The van der Waals surface area contributed by atoms with Crippen molar-refractivity contribution in [3.63, 3.8) is 0 Å². The van der Waals surface area contributed by atoms with Gasteiger partial charge in [-0.3, -0.25) is 4.79 Å². The average molecular weight is 281 g/mol. The van der Waals surface area contributed by atoms with E-state index in [-0.39, 0.29) is 23.8 Å². The zero-order chi connectivity index (χ0) is 14.3. The predicted molar refractivity (Wildman–Crippen MR) is 81.5 cm³/mol. The van der Waals surface area contributed by atoms with Crippen molar-refractivity contribution in [1.82, 2.24) is 5.32 Å². The molecule has 1 aromatic rings. The molecular formula is C15H23NO2S. The van der Waals surface area contributed by atoms with Crippen molar-refractivity contribution in [2.75, 3.05) is 12.9 Å². The largest absolute Gasteiger partial charge is 0.395 e. The van der Waals surface area contributed by atoms with Crippen molar-refractivity contribution >= 4 is 17.7 Å². The zero-order valence-electron chi connectivity index (χ0n) is 11.8. The normalized spacial score (nSPS) is 13.9. The monoisotopic (exact) mass is 281 g/mol.